The summed E-state index contributed by atoms with van der Waals surface area (Å²) >= 11 is 0. The Morgan fingerprint density at radius 1 is 0.333 bits per heavy atom. The highest BCUT2D eigenvalue weighted by molar-refractivity contribution is 6.08. The molecule has 0 saturated heterocycles. The second kappa shape index (κ2) is 19.0. The molecule has 4 aliphatic carbocycles. The molecule has 0 heterocycles. The molecular weight excluding hydrogens is 715 g/mol. The van der Waals surface area contributed by atoms with Crippen LogP contribution in [0.25, 0.3) is 0 Å². The summed E-state index contributed by atoms with van der Waals surface area (Å²) in [5, 5.41) is 0. The van der Waals surface area contributed by atoms with Gasteiger partial charge in [0.25, 0.3) is 17.7 Å². The highest BCUT2D eigenvalue weighted by Crippen LogP contribution is 2.38. The molecule has 0 radical (unpaired) electrons. The molecule has 0 aromatic heterocycles. The first-order valence-electron chi connectivity index (χ1n) is 21.6. The smallest absolute Gasteiger partial charge is 0.260 e. The molecule has 3 aromatic rings. The maximum Gasteiger partial charge on any atom is 0.260 e. The monoisotopic (exact) mass is 771 g/mol. The molecular formula is C48H57N3O6. The molecule has 57 heavy (non-hydrogen) atoms. The van der Waals surface area contributed by atoms with Crippen LogP contribution < -0.4 is 0 Å². The lowest BCUT2D eigenvalue weighted by Gasteiger charge is -2.47. The molecule has 7 rings (SSSR count). The van der Waals surface area contributed by atoms with Crippen LogP contribution in [0.2, 0.25) is 0 Å². The third kappa shape index (κ3) is 9.29. The van der Waals surface area contributed by atoms with Crippen molar-refractivity contribution < 1.29 is 28.8 Å². The number of hydrogen-bond donors (Lipinski definition) is 0. The predicted molar refractivity (Wildman–Crippen MR) is 218 cm³/mol. The lowest BCUT2D eigenvalue weighted by atomic mass is 9.80. The molecule has 3 aromatic carbocycles. The van der Waals surface area contributed by atoms with Crippen molar-refractivity contribution in [3.05, 3.63) is 108 Å². The molecule has 6 amide bonds. The van der Waals surface area contributed by atoms with Crippen LogP contribution in [-0.2, 0) is 14.4 Å². The maximum absolute atomic E-state index is 14.8. The lowest BCUT2D eigenvalue weighted by Crippen LogP contribution is -2.61. The zero-order chi connectivity index (χ0) is 39.7. The summed E-state index contributed by atoms with van der Waals surface area (Å²) < 4.78 is 0. The Bertz CT molecular complexity index is 1640. The first kappa shape index (κ1) is 40.3. The van der Waals surface area contributed by atoms with Gasteiger partial charge in [0, 0.05) is 52.6 Å². The summed E-state index contributed by atoms with van der Waals surface area (Å²) in [5.74, 6) is -3.11. The number of carbonyl (C=O) groups is 6. The second-order valence-corrected chi connectivity index (χ2v) is 16.8. The van der Waals surface area contributed by atoms with E-state index < -0.39 is 35.8 Å². The average molecular weight is 772 g/mol. The van der Waals surface area contributed by atoms with E-state index in [1.807, 2.05) is 18.2 Å². The van der Waals surface area contributed by atoms with Gasteiger partial charge in [-0.05, 0) is 94.2 Å². The molecule has 4 saturated carbocycles. The van der Waals surface area contributed by atoms with Gasteiger partial charge in [-0.3, -0.25) is 43.5 Å². The molecule has 0 N–H and O–H groups in total. The Balaban J connectivity index is 1.36. The van der Waals surface area contributed by atoms with Crippen LogP contribution in [-0.4, -0.2) is 68.3 Å². The summed E-state index contributed by atoms with van der Waals surface area (Å²) in [7, 11) is 0. The molecule has 0 spiro atoms. The predicted octanol–water partition coefficient (Wildman–Crippen LogP) is 9.02. The molecule has 0 bridgehead atoms. The third-order valence-corrected chi connectivity index (χ3v) is 13.0. The van der Waals surface area contributed by atoms with E-state index >= 15 is 0 Å². The fourth-order valence-electron chi connectivity index (χ4n) is 10.00. The third-order valence-electron chi connectivity index (χ3n) is 13.0. The van der Waals surface area contributed by atoms with Gasteiger partial charge in [0.2, 0.25) is 17.7 Å². The van der Waals surface area contributed by atoms with E-state index in [0.717, 1.165) is 57.8 Å². The van der Waals surface area contributed by atoms with E-state index in [0.29, 0.717) is 55.2 Å². The van der Waals surface area contributed by atoms with Crippen LogP contribution in [0.4, 0.5) is 0 Å². The van der Waals surface area contributed by atoms with Crippen molar-refractivity contribution in [2.24, 2.45) is 17.8 Å². The fraction of sp³-hybridized carbons (Fsp3) is 0.500. The first-order chi connectivity index (χ1) is 27.8. The summed E-state index contributed by atoms with van der Waals surface area (Å²) in [6.07, 6.45) is 13.0. The zero-order valence-electron chi connectivity index (χ0n) is 33.1. The van der Waals surface area contributed by atoms with Crippen molar-refractivity contribution in [1.29, 1.82) is 0 Å². The standard InChI is InChI=1S/C48H57N3O6/c52-43(34-19-7-1-8-20-34)49(44(53)35-21-9-2-10-22-35)40-31-41(50(45(54)36-23-11-3-12-24-36)46(55)37-25-13-4-14-26-37)33-42(32-40)51(47(56)38-27-15-5-16-28-38)48(57)39-29-17-6-18-30-39/h1,3,5,7-8,11-12,15-16,19-20,23-24,27-28,35,37,39-42H,2,4,6,9-10,13-14,17-18,21-22,25-26,29-33H2. The van der Waals surface area contributed by atoms with E-state index in [-0.39, 0.29) is 54.7 Å². The van der Waals surface area contributed by atoms with E-state index in [9.17, 15) is 28.8 Å². The van der Waals surface area contributed by atoms with Gasteiger partial charge in [0.05, 0.1) is 0 Å². The number of amides is 6. The van der Waals surface area contributed by atoms with Gasteiger partial charge in [0.15, 0.2) is 0 Å². The van der Waals surface area contributed by atoms with Crippen molar-refractivity contribution in [2.45, 2.75) is 134 Å². The molecule has 4 aliphatic rings. The summed E-state index contributed by atoms with van der Waals surface area (Å²) in [6, 6.07) is 24.0. The van der Waals surface area contributed by atoms with Crippen LogP contribution in [0.3, 0.4) is 0 Å². The molecule has 0 atom stereocenters. The van der Waals surface area contributed by atoms with Crippen LogP contribution in [0.15, 0.2) is 91.0 Å². The van der Waals surface area contributed by atoms with Crippen molar-refractivity contribution in [3.8, 4) is 0 Å². The summed E-state index contributed by atoms with van der Waals surface area (Å²) in [4.78, 5) is 93.0. The van der Waals surface area contributed by atoms with Crippen LogP contribution >= 0.6 is 0 Å². The minimum atomic E-state index is -0.786. The first-order valence-corrected chi connectivity index (χ1v) is 21.6. The van der Waals surface area contributed by atoms with Gasteiger partial charge >= 0.3 is 0 Å². The number of benzene rings is 3. The van der Waals surface area contributed by atoms with Crippen molar-refractivity contribution in [1.82, 2.24) is 14.7 Å². The van der Waals surface area contributed by atoms with E-state index in [1.165, 1.54) is 14.7 Å². The van der Waals surface area contributed by atoms with Crippen molar-refractivity contribution in [2.75, 3.05) is 0 Å². The van der Waals surface area contributed by atoms with Crippen LogP contribution in [0.1, 0.15) is 147 Å². The minimum absolute atomic E-state index is 0.162. The normalized spacial score (nSPS) is 22.2. The molecule has 9 nitrogen and oxygen atoms in total. The second-order valence-electron chi connectivity index (χ2n) is 16.8. The molecule has 4 fully saturated rings. The zero-order valence-corrected chi connectivity index (χ0v) is 33.1. The number of carbonyl (C=O) groups excluding carboxylic acids is 6. The highest BCUT2D eigenvalue weighted by atomic mass is 16.2. The van der Waals surface area contributed by atoms with Gasteiger partial charge in [-0.15, -0.1) is 0 Å². The number of hydrogen-bond acceptors (Lipinski definition) is 6. The summed E-state index contributed by atoms with van der Waals surface area (Å²) in [6.45, 7) is 0. The van der Waals surface area contributed by atoms with Gasteiger partial charge < -0.3 is 0 Å². The Morgan fingerprint density at radius 2 is 0.561 bits per heavy atom. The van der Waals surface area contributed by atoms with Gasteiger partial charge in [0.1, 0.15) is 0 Å². The van der Waals surface area contributed by atoms with Crippen molar-refractivity contribution in [3.63, 3.8) is 0 Å². The van der Waals surface area contributed by atoms with Crippen molar-refractivity contribution >= 4 is 35.4 Å². The van der Waals surface area contributed by atoms with Crippen LogP contribution in [0.5, 0.6) is 0 Å². The van der Waals surface area contributed by atoms with Gasteiger partial charge in [-0.1, -0.05) is 112 Å². The quantitative estimate of drug-likeness (QED) is 0.201. The van der Waals surface area contributed by atoms with Crippen LogP contribution in [0, 0.1) is 17.8 Å². The molecule has 0 unspecified atom stereocenters. The molecule has 300 valence electrons. The van der Waals surface area contributed by atoms with E-state index in [1.54, 1.807) is 72.8 Å². The maximum atomic E-state index is 14.8. The minimum Gasteiger partial charge on any atom is -0.275 e. The van der Waals surface area contributed by atoms with Gasteiger partial charge in [-0.2, -0.15) is 0 Å². The largest absolute Gasteiger partial charge is 0.275 e. The van der Waals surface area contributed by atoms with E-state index in [2.05, 4.69) is 0 Å². The number of rotatable bonds is 9. The molecule has 0 aliphatic heterocycles. The van der Waals surface area contributed by atoms with Gasteiger partial charge in [-0.25, -0.2) is 0 Å². The Kier molecular flexibility index (Phi) is 13.4. The number of nitrogens with zero attached hydrogens (tertiary/aromatic N) is 3. The summed E-state index contributed by atoms with van der Waals surface area (Å²) in [5.41, 5.74) is 1.10. The Hall–Kier alpha value is -4.92. The Morgan fingerprint density at radius 3 is 0.789 bits per heavy atom. The topological polar surface area (TPSA) is 112 Å². The number of imide groups is 3. The fourth-order valence-corrected chi connectivity index (χ4v) is 10.00. The average Bonchev–Trinajstić information content (AvgIpc) is 3.28. The SMILES string of the molecule is O=C(c1ccccc1)N(C(=O)C1CCCCC1)C1CC(N(C(=O)c2ccccc2)C(=O)C2CCCCC2)CC(N(C(=O)c2ccccc2)C(=O)C2CCCCC2)C1. The lowest BCUT2D eigenvalue weighted by molar-refractivity contribution is -0.140. The highest BCUT2D eigenvalue weighted by Gasteiger charge is 2.48. The Labute approximate surface area is 337 Å². The molecule has 9 heteroatoms. The van der Waals surface area contributed by atoms with E-state index in [4.69, 9.17) is 0 Å².